The van der Waals surface area contributed by atoms with Gasteiger partial charge in [-0.15, -0.1) is 11.3 Å². The van der Waals surface area contributed by atoms with Crippen molar-refractivity contribution >= 4 is 28.6 Å². The number of para-hydroxylation sites is 2. The van der Waals surface area contributed by atoms with E-state index in [-0.39, 0.29) is 0 Å². The number of hydrogen-bond acceptors (Lipinski definition) is 4. The Morgan fingerprint density at radius 1 is 1.29 bits per heavy atom. The van der Waals surface area contributed by atoms with Crippen LogP contribution in [0.25, 0.3) is 5.69 Å². The Bertz CT molecular complexity index is 763. The highest BCUT2D eigenvalue weighted by atomic mass is 35.5. The van der Waals surface area contributed by atoms with Gasteiger partial charge in [0.2, 0.25) is 0 Å². The maximum absolute atomic E-state index is 5.86. The first-order valence-electron chi connectivity index (χ1n) is 6.60. The van der Waals surface area contributed by atoms with Crippen LogP contribution in [0.4, 0.5) is 5.69 Å². The maximum Gasteiger partial charge on any atom is 0.183 e. The van der Waals surface area contributed by atoms with Crippen molar-refractivity contribution in [1.82, 2.24) is 14.8 Å². The summed E-state index contributed by atoms with van der Waals surface area (Å²) in [7, 11) is 0. The van der Waals surface area contributed by atoms with Gasteiger partial charge < -0.3 is 5.32 Å². The summed E-state index contributed by atoms with van der Waals surface area (Å²) in [6.45, 7) is 4.75. The Hall–Kier alpha value is -1.85. The summed E-state index contributed by atoms with van der Waals surface area (Å²) >= 11 is 7.34. The SMILES string of the molecule is Cc1cc(C)n(-c2ccccc2NCc2cnc(Cl)s2)n1. The number of benzene rings is 1. The van der Waals surface area contributed by atoms with Crippen molar-refractivity contribution in [3.63, 3.8) is 0 Å². The van der Waals surface area contributed by atoms with Crippen LogP contribution in [-0.2, 0) is 6.54 Å². The predicted molar refractivity (Wildman–Crippen MR) is 87.5 cm³/mol. The number of thiazole rings is 1. The minimum Gasteiger partial charge on any atom is -0.378 e. The zero-order valence-electron chi connectivity index (χ0n) is 11.8. The van der Waals surface area contributed by atoms with Crippen molar-refractivity contribution in [2.24, 2.45) is 0 Å². The van der Waals surface area contributed by atoms with E-state index >= 15 is 0 Å². The molecule has 108 valence electrons. The van der Waals surface area contributed by atoms with Crippen molar-refractivity contribution in [2.45, 2.75) is 20.4 Å². The molecule has 0 unspecified atom stereocenters. The van der Waals surface area contributed by atoms with E-state index in [1.165, 1.54) is 11.3 Å². The summed E-state index contributed by atoms with van der Waals surface area (Å²) in [5.41, 5.74) is 4.20. The average molecular weight is 319 g/mol. The summed E-state index contributed by atoms with van der Waals surface area (Å²) in [5, 5.41) is 7.97. The molecule has 1 N–H and O–H groups in total. The van der Waals surface area contributed by atoms with Gasteiger partial charge in [0.05, 0.1) is 23.6 Å². The van der Waals surface area contributed by atoms with E-state index in [0.29, 0.717) is 11.0 Å². The molecule has 3 aromatic rings. The fourth-order valence-corrected chi connectivity index (χ4v) is 3.15. The monoisotopic (exact) mass is 318 g/mol. The zero-order valence-corrected chi connectivity index (χ0v) is 13.4. The number of aromatic nitrogens is 3. The molecule has 0 aliphatic rings. The molecule has 3 rings (SSSR count). The van der Waals surface area contributed by atoms with Crippen molar-refractivity contribution in [3.8, 4) is 5.69 Å². The van der Waals surface area contributed by atoms with Crippen LogP contribution < -0.4 is 5.32 Å². The summed E-state index contributed by atoms with van der Waals surface area (Å²) in [6, 6.07) is 10.2. The lowest BCUT2D eigenvalue weighted by Crippen LogP contribution is -2.06. The molecule has 21 heavy (non-hydrogen) atoms. The molecule has 0 radical (unpaired) electrons. The lowest BCUT2D eigenvalue weighted by atomic mass is 10.2. The van der Waals surface area contributed by atoms with Crippen molar-refractivity contribution in [2.75, 3.05) is 5.32 Å². The summed E-state index contributed by atoms with van der Waals surface area (Å²) in [4.78, 5) is 5.15. The molecule has 1 aromatic carbocycles. The Labute approximate surface area is 132 Å². The molecule has 4 nitrogen and oxygen atoms in total. The quantitative estimate of drug-likeness (QED) is 0.783. The molecule has 0 saturated heterocycles. The number of rotatable bonds is 4. The largest absolute Gasteiger partial charge is 0.378 e. The van der Waals surface area contributed by atoms with E-state index in [1.807, 2.05) is 23.7 Å². The first-order chi connectivity index (χ1) is 10.1. The van der Waals surface area contributed by atoms with Crippen LogP contribution in [0.15, 0.2) is 36.5 Å². The van der Waals surface area contributed by atoms with Gasteiger partial charge >= 0.3 is 0 Å². The molecule has 0 atom stereocenters. The minimum absolute atomic E-state index is 0.568. The fraction of sp³-hybridized carbons (Fsp3) is 0.200. The second-order valence-corrected chi connectivity index (χ2v) is 6.49. The molecule has 0 spiro atoms. The molecule has 2 aromatic heterocycles. The van der Waals surface area contributed by atoms with Gasteiger partial charge in [0.25, 0.3) is 0 Å². The van der Waals surface area contributed by atoms with Crippen LogP contribution in [0.1, 0.15) is 16.3 Å². The predicted octanol–water partition coefficient (Wildman–Crippen LogP) is 4.21. The summed E-state index contributed by atoms with van der Waals surface area (Å²) in [5.74, 6) is 0. The molecule has 6 heteroatoms. The summed E-state index contributed by atoms with van der Waals surface area (Å²) < 4.78 is 2.52. The first kappa shape index (κ1) is 14.1. The Balaban J connectivity index is 1.87. The number of anilines is 1. The molecular formula is C15H15ClN4S. The third-order valence-electron chi connectivity index (χ3n) is 3.12. The van der Waals surface area contributed by atoms with E-state index in [0.717, 1.165) is 27.6 Å². The topological polar surface area (TPSA) is 42.7 Å². The van der Waals surface area contributed by atoms with Gasteiger partial charge in [0.15, 0.2) is 4.47 Å². The van der Waals surface area contributed by atoms with Gasteiger partial charge in [0.1, 0.15) is 0 Å². The highest BCUT2D eigenvalue weighted by Crippen LogP contribution is 2.24. The Kier molecular flexibility index (Phi) is 3.94. The van der Waals surface area contributed by atoms with Crippen molar-refractivity contribution < 1.29 is 0 Å². The second kappa shape index (κ2) is 5.87. The third-order valence-corrected chi connectivity index (χ3v) is 4.24. The number of aryl methyl sites for hydroxylation is 2. The Morgan fingerprint density at radius 2 is 2.10 bits per heavy atom. The van der Waals surface area contributed by atoms with E-state index in [4.69, 9.17) is 11.6 Å². The van der Waals surface area contributed by atoms with Crippen LogP contribution >= 0.6 is 22.9 Å². The molecule has 0 aliphatic heterocycles. The number of hydrogen-bond donors (Lipinski definition) is 1. The fourth-order valence-electron chi connectivity index (χ4n) is 2.23. The van der Waals surface area contributed by atoms with Crippen LogP contribution in [-0.4, -0.2) is 14.8 Å². The normalized spacial score (nSPS) is 10.8. The Morgan fingerprint density at radius 3 is 2.76 bits per heavy atom. The van der Waals surface area contributed by atoms with Gasteiger partial charge in [-0.05, 0) is 32.0 Å². The molecular weight excluding hydrogens is 304 g/mol. The third kappa shape index (κ3) is 3.09. The molecule has 0 fully saturated rings. The molecule has 0 amide bonds. The van der Waals surface area contributed by atoms with E-state index in [1.54, 1.807) is 6.20 Å². The second-order valence-electron chi connectivity index (χ2n) is 4.79. The van der Waals surface area contributed by atoms with Gasteiger partial charge in [-0.2, -0.15) is 5.10 Å². The summed E-state index contributed by atoms with van der Waals surface area (Å²) in [6.07, 6.45) is 1.80. The molecule has 0 bridgehead atoms. The standard InChI is InChI=1S/C15H15ClN4S/c1-10-7-11(2)20(19-10)14-6-4-3-5-13(14)17-8-12-9-18-15(16)21-12/h3-7,9,17H,8H2,1-2H3. The highest BCUT2D eigenvalue weighted by Gasteiger charge is 2.09. The average Bonchev–Trinajstić information content (AvgIpc) is 3.02. The van der Waals surface area contributed by atoms with Crippen LogP contribution in [0.5, 0.6) is 0 Å². The van der Waals surface area contributed by atoms with Gasteiger partial charge in [0, 0.05) is 16.8 Å². The van der Waals surface area contributed by atoms with Crippen molar-refractivity contribution in [1.29, 1.82) is 0 Å². The van der Waals surface area contributed by atoms with Gasteiger partial charge in [-0.3, -0.25) is 0 Å². The molecule has 0 saturated carbocycles. The smallest absolute Gasteiger partial charge is 0.183 e. The van der Waals surface area contributed by atoms with E-state index in [2.05, 4.69) is 40.5 Å². The molecule has 2 heterocycles. The van der Waals surface area contributed by atoms with Crippen LogP contribution in [0.3, 0.4) is 0 Å². The number of nitrogens with one attached hydrogen (secondary N) is 1. The lowest BCUT2D eigenvalue weighted by molar-refractivity contribution is 0.833. The van der Waals surface area contributed by atoms with E-state index < -0.39 is 0 Å². The highest BCUT2D eigenvalue weighted by molar-refractivity contribution is 7.15. The number of halogens is 1. The van der Waals surface area contributed by atoms with Gasteiger partial charge in [-0.25, -0.2) is 9.67 Å². The number of nitrogens with zero attached hydrogens (tertiary/aromatic N) is 3. The van der Waals surface area contributed by atoms with Gasteiger partial charge in [-0.1, -0.05) is 23.7 Å². The lowest BCUT2D eigenvalue weighted by Gasteiger charge is -2.12. The van der Waals surface area contributed by atoms with Crippen LogP contribution in [0.2, 0.25) is 4.47 Å². The van der Waals surface area contributed by atoms with Crippen molar-refractivity contribution in [3.05, 3.63) is 57.3 Å². The first-order valence-corrected chi connectivity index (χ1v) is 7.79. The van der Waals surface area contributed by atoms with E-state index in [9.17, 15) is 0 Å². The zero-order chi connectivity index (χ0) is 14.8. The minimum atomic E-state index is 0.568. The molecule has 0 aliphatic carbocycles. The maximum atomic E-state index is 5.86. The van der Waals surface area contributed by atoms with Crippen LogP contribution in [0, 0.1) is 13.8 Å².